The molecule has 2 aromatic carbocycles. The minimum atomic E-state index is 0.509. The average molecular weight is 285 g/mol. The predicted octanol–water partition coefficient (Wildman–Crippen LogP) is 4.97. The van der Waals surface area contributed by atoms with Crippen LogP contribution in [0.2, 0.25) is 0 Å². The number of rotatable bonds is 6. The summed E-state index contributed by atoms with van der Waals surface area (Å²) in [6.07, 6.45) is 0.946. The molecule has 0 spiro atoms. The minimum absolute atomic E-state index is 0.509. The molecule has 0 atom stereocenters. The second kappa shape index (κ2) is 7.02. The van der Waals surface area contributed by atoms with Crippen molar-refractivity contribution in [1.29, 1.82) is 0 Å². The highest BCUT2D eigenvalue weighted by Gasteiger charge is 2.08. The van der Waals surface area contributed by atoms with Crippen molar-refractivity contribution in [3.8, 4) is 17.2 Å². The van der Waals surface area contributed by atoms with Crippen molar-refractivity contribution in [2.24, 2.45) is 0 Å². The van der Waals surface area contributed by atoms with E-state index in [1.165, 1.54) is 5.56 Å². The molecule has 0 aliphatic rings. The van der Waals surface area contributed by atoms with Crippen LogP contribution in [-0.4, -0.2) is 6.61 Å². The molecule has 3 heteroatoms. The second-order valence-corrected chi connectivity index (χ2v) is 5.34. The van der Waals surface area contributed by atoms with E-state index in [0.717, 1.165) is 12.2 Å². The van der Waals surface area contributed by atoms with Crippen molar-refractivity contribution in [2.45, 2.75) is 33.1 Å². The Hall–Kier alpha value is -2.16. The monoisotopic (exact) mass is 285 g/mol. The van der Waals surface area contributed by atoms with Gasteiger partial charge in [0, 0.05) is 0 Å². The van der Waals surface area contributed by atoms with Gasteiger partial charge >= 0.3 is 0 Å². The molecule has 112 valence electrons. The number of nitrogens with two attached hydrogens (primary N) is 1. The van der Waals surface area contributed by atoms with E-state index in [1.54, 1.807) is 0 Å². The first-order valence-electron chi connectivity index (χ1n) is 7.41. The van der Waals surface area contributed by atoms with Crippen molar-refractivity contribution in [1.82, 2.24) is 0 Å². The first-order valence-corrected chi connectivity index (χ1v) is 7.41. The number of ether oxygens (including phenoxy) is 2. The van der Waals surface area contributed by atoms with Crippen LogP contribution in [0.1, 0.15) is 38.7 Å². The molecular weight excluding hydrogens is 262 g/mol. The normalized spacial score (nSPS) is 10.7. The zero-order chi connectivity index (χ0) is 15.2. The summed E-state index contributed by atoms with van der Waals surface area (Å²) in [6.45, 7) is 7.05. The third-order valence-electron chi connectivity index (χ3n) is 3.26. The predicted molar refractivity (Wildman–Crippen MR) is 87.2 cm³/mol. The number of benzene rings is 2. The fourth-order valence-corrected chi connectivity index (χ4v) is 2.00. The van der Waals surface area contributed by atoms with E-state index in [4.69, 9.17) is 15.2 Å². The zero-order valence-electron chi connectivity index (χ0n) is 12.9. The minimum Gasteiger partial charge on any atom is -0.491 e. The van der Waals surface area contributed by atoms with E-state index in [9.17, 15) is 0 Å². The van der Waals surface area contributed by atoms with E-state index in [-0.39, 0.29) is 0 Å². The number of hydrogen-bond donors (Lipinski definition) is 1. The molecule has 2 aromatic rings. The third kappa shape index (κ3) is 3.91. The van der Waals surface area contributed by atoms with E-state index < -0.39 is 0 Å². The maximum absolute atomic E-state index is 6.10. The smallest absolute Gasteiger partial charge is 0.154 e. The van der Waals surface area contributed by atoms with Gasteiger partial charge in [-0.3, -0.25) is 0 Å². The van der Waals surface area contributed by atoms with Gasteiger partial charge in [-0.2, -0.15) is 0 Å². The Balaban J connectivity index is 2.15. The van der Waals surface area contributed by atoms with Crippen LogP contribution in [0, 0.1) is 0 Å². The first kappa shape index (κ1) is 15.2. The second-order valence-electron chi connectivity index (χ2n) is 5.34. The van der Waals surface area contributed by atoms with Gasteiger partial charge in [0.05, 0.1) is 6.61 Å². The molecule has 0 aliphatic heterocycles. The Bertz CT molecular complexity index is 576. The fourth-order valence-electron chi connectivity index (χ4n) is 2.00. The quantitative estimate of drug-likeness (QED) is 0.762. The summed E-state index contributed by atoms with van der Waals surface area (Å²) >= 11 is 0. The third-order valence-corrected chi connectivity index (χ3v) is 3.26. The van der Waals surface area contributed by atoms with Crippen LogP contribution in [0.25, 0.3) is 0 Å². The summed E-state index contributed by atoms with van der Waals surface area (Å²) in [5.74, 6) is 2.59. The molecule has 0 bridgehead atoms. The van der Waals surface area contributed by atoms with Gasteiger partial charge < -0.3 is 15.2 Å². The van der Waals surface area contributed by atoms with Gasteiger partial charge in [0.2, 0.25) is 0 Å². The SMILES string of the molecule is CCCOc1cccc(Oc2ccc(C(C)C)cc2)c1N. The molecule has 2 rings (SSSR count). The van der Waals surface area contributed by atoms with Gasteiger partial charge in [-0.1, -0.05) is 39.0 Å². The van der Waals surface area contributed by atoms with Gasteiger partial charge in [-0.05, 0) is 42.2 Å². The van der Waals surface area contributed by atoms with Crippen LogP contribution in [0.3, 0.4) is 0 Å². The molecule has 3 nitrogen and oxygen atoms in total. The largest absolute Gasteiger partial charge is 0.491 e. The molecule has 0 amide bonds. The van der Waals surface area contributed by atoms with Crippen molar-refractivity contribution < 1.29 is 9.47 Å². The van der Waals surface area contributed by atoms with Crippen LogP contribution in [0.4, 0.5) is 5.69 Å². The zero-order valence-corrected chi connectivity index (χ0v) is 12.9. The number of hydrogen-bond acceptors (Lipinski definition) is 3. The molecule has 0 fully saturated rings. The molecule has 0 saturated carbocycles. The number of anilines is 1. The average Bonchev–Trinajstić information content (AvgIpc) is 2.49. The number of nitrogen functional groups attached to an aromatic ring is 1. The molecule has 0 radical (unpaired) electrons. The van der Waals surface area contributed by atoms with Gasteiger partial charge in [0.15, 0.2) is 5.75 Å². The van der Waals surface area contributed by atoms with Gasteiger partial charge in [0.25, 0.3) is 0 Å². The highest BCUT2D eigenvalue weighted by molar-refractivity contribution is 5.63. The van der Waals surface area contributed by atoms with Crippen LogP contribution < -0.4 is 15.2 Å². The molecule has 0 heterocycles. The Morgan fingerprint density at radius 2 is 1.67 bits per heavy atom. The van der Waals surface area contributed by atoms with Gasteiger partial charge in [-0.15, -0.1) is 0 Å². The van der Waals surface area contributed by atoms with Crippen molar-refractivity contribution >= 4 is 5.69 Å². The van der Waals surface area contributed by atoms with Gasteiger partial charge in [0.1, 0.15) is 17.2 Å². The summed E-state index contributed by atoms with van der Waals surface area (Å²) in [6, 6.07) is 13.7. The fraction of sp³-hybridized carbons (Fsp3) is 0.333. The van der Waals surface area contributed by atoms with Crippen LogP contribution in [0.5, 0.6) is 17.2 Å². The lowest BCUT2D eigenvalue weighted by molar-refractivity contribution is 0.318. The Kier molecular flexibility index (Phi) is 5.09. The lowest BCUT2D eigenvalue weighted by Crippen LogP contribution is -2.00. The van der Waals surface area contributed by atoms with Crippen LogP contribution in [0.15, 0.2) is 42.5 Å². The number of para-hydroxylation sites is 1. The standard InChI is InChI=1S/C18H23NO2/c1-4-12-20-16-6-5-7-17(18(16)19)21-15-10-8-14(9-11-15)13(2)3/h5-11,13H,4,12,19H2,1-3H3. The summed E-state index contributed by atoms with van der Waals surface area (Å²) in [7, 11) is 0. The molecule has 0 aromatic heterocycles. The lowest BCUT2D eigenvalue weighted by atomic mass is 10.0. The van der Waals surface area contributed by atoms with Crippen LogP contribution in [-0.2, 0) is 0 Å². The molecule has 0 unspecified atom stereocenters. The highest BCUT2D eigenvalue weighted by atomic mass is 16.5. The van der Waals surface area contributed by atoms with E-state index >= 15 is 0 Å². The molecule has 2 N–H and O–H groups in total. The summed E-state index contributed by atoms with van der Waals surface area (Å²) < 4.78 is 11.5. The molecular formula is C18H23NO2. The summed E-state index contributed by atoms with van der Waals surface area (Å²) in [5, 5.41) is 0. The van der Waals surface area contributed by atoms with Gasteiger partial charge in [-0.25, -0.2) is 0 Å². The summed E-state index contributed by atoms with van der Waals surface area (Å²) in [5.41, 5.74) is 7.93. The Morgan fingerprint density at radius 1 is 1.00 bits per heavy atom. The van der Waals surface area contributed by atoms with Crippen LogP contribution >= 0.6 is 0 Å². The maximum Gasteiger partial charge on any atom is 0.154 e. The Morgan fingerprint density at radius 3 is 2.29 bits per heavy atom. The maximum atomic E-state index is 6.10. The van der Waals surface area contributed by atoms with E-state index in [0.29, 0.717) is 29.7 Å². The van der Waals surface area contributed by atoms with Crippen molar-refractivity contribution in [3.63, 3.8) is 0 Å². The Labute approximate surface area is 126 Å². The molecule has 0 aliphatic carbocycles. The highest BCUT2D eigenvalue weighted by Crippen LogP contribution is 2.34. The summed E-state index contributed by atoms with van der Waals surface area (Å²) in [4.78, 5) is 0. The van der Waals surface area contributed by atoms with Crippen molar-refractivity contribution in [3.05, 3.63) is 48.0 Å². The molecule has 21 heavy (non-hydrogen) atoms. The molecule has 0 saturated heterocycles. The first-order chi connectivity index (χ1) is 10.1. The lowest BCUT2D eigenvalue weighted by Gasteiger charge is -2.13. The topological polar surface area (TPSA) is 44.5 Å². The van der Waals surface area contributed by atoms with E-state index in [1.807, 2.05) is 30.3 Å². The van der Waals surface area contributed by atoms with Crippen molar-refractivity contribution in [2.75, 3.05) is 12.3 Å². The van der Waals surface area contributed by atoms with E-state index in [2.05, 4.69) is 32.9 Å².